The number of hydrogen-bond donors (Lipinski definition) is 1. The maximum absolute atomic E-state index is 12.5. The van der Waals surface area contributed by atoms with Gasteiger partial charge in [0.05, 0.1) is 47.2 Å². The minimum atomic E-state index is -3.69. The standard InChI is InChI=1S/C24H23Cl3N2O5S/c1-33-18-4-3-5-19(12-18)34-11-10-28-24(30)17-8-6-16(7-9-17)15-29(35(2,31)32)23-14-21(26)20(25)13-22(23)27/h3-9,12-14H,10-11,15H2,1-2H3,(H,28,30). The molecule has 0 aliphatic carbocycles. The fraction of sp³-hybridized carbons (Fsp3) is 0.208. The van der Waals surface area contributed by atoms with E-state index in [0.29, 0.717) is 29.2 Å². The van der Waals surface area contributed by atoms with E-state index in [4.69, 9.17) is 44.3 Å². The zero-order valence-corrected chi connectivity index (χ0v) is 22.0. The Morgan fingerprint density at radius 2 is 1.60 bits per heavy atom. The van der Waals surface area contributed by atoms with Crippen LogP contribution in [0.5, 0.6) is 11.5 Å². The normalized spacial score (nSPS) is 11.1. The van der Waals surface area contributed by atoms with Crippen molar-refractivity contribution in [3.63, 3.8) is 0 Å². The van der Waals surface area contributed by atoms with Crippen molar-refractivity contribution in [3.05, 3.63) is 86.9 Å². The highest BCUT2D eigenvalue weighted by atomic mass is 35.5. The van der Waals surface area contributed by atoms with Crippen LogP contribution in [0.4, 0.5) is 5.69 Å². The number of carbonyl (C=O) groups excluding carboxylic acids is 1. The minimum Gasteiger partial charge on any atom is -0.497 e. The van der Waals surface area contributed by atoms with Crippen LogP contribution in [0.15, 0.2) is 60.7 Å². The molecule has 0 saturated carbocycles. The quantitative estimate of drug-likeness (QED) is 0.265. The molecule has 0 fully saturated rings. The number of halogens is 3. The third kappa shape index (κ3) is 7.41. The molecule has 0 aliphatic rings. The van der Waals surface area contributed by atoms with Gasteiger partial charge in [0.15, 0.2) is 0 Å². The Morgan fingerprint density at radius 1 is 0.943 bits per heavy atom. The molecular formula is C24H23Cl3N2O5S. The summed E-state index contributed by atoms with van der Waals surface area (Å²) in [6, 6.07) is 16.6. The monoisotopic (exact) mass is 556 g/mol. The van der Waals surface area contributed by atoms with Crippen molar-refractivity contribution in [2.24, 2.45) is 0 Å². The summed E-state index contributed by atoms with van der Waals surface area (Å²) in [6.07, 6.45) is 1.07. The van der Waals surface area contributed by atoms with Crippen molar-refractivity contribution in [2.75, 3.05) is 30.8 Å². The van der Waals surface area contributed by atoms with Crippen molar-refractivity contribution < 1.29 is 22.7 Å². The Labute approximate surface area is 219 Å². The Morgan fingerprint density at radius 3 is 2.26 bits per heavy atom. The van der Waals surface area contributed by atoms with Crippen LogP contribution in [0.1, 0.15) is 15.9 Å². The van der Waals surface area contributed by atoms with E-state index in [9.17, 15) is 13.2 Å². The molecule has 3 aromatic rings. The van der Waals surface area contributed by atoms with Crippen molar-refractivity contribution in [1.82, 2.24) is 5.32 Å². The van der Waals surface area contributed by atoms with Gasteiger partial charge in [-0.1, -0.05) is 53.0 Å². The van der Waals surface area contributed by atoms with E-state index in [1.54, 1.807) is 43.5 Å². The lowest BCUT2D eigenvalue weighted by atomic mass is 10.1. The molecule has 7 nitrogen and oxygen atoms in total. The van der Waals surface area contributed by atoms with Gasteiger partial charge in [0.2, 0.25) is 10.0 Å². The van der Waals surface area contributed by atoms with E-state index in [-0.39, 0.29) is 39.8 Å². The van der Waals surface area contributed by atoms with E-state index < -0.39 is 10.0 Å². The Kier molecular flexibility index (Phi) is 9.13. The largest absolute Gasteiger partial charge is 0.497 e. The number of sulfonamides is 1. The number of nitrogens with one attached hydrogen (secondary N) is 1. The van der Waals surface area contributed by atoms with Crippen LogP contribution in [0.3, 0.4) is 0 Å². The number of methoxy groups -OCH3 is 1. The molecule has 3 rings (SSSR count). The summed E-state index contributed by atoms with van der Waals surface area (Å²) in [4.78, 5) is 12.4. The number of amides is 1. The number of anilines is 1. The average Bonchev–Trinajstić information content (AvgIpc) is 2.82. The van der Waals surface area contributed by atoms with Crippen LogP contribution >= 0.6 is 34.8 Å². The van der Waals surface area contributed by atoms with E-state index in [1.807, 2.05) is 12.1 Å². The van der Waals surface area contributed by atoms with Gasteiger partial charge < -0.3 is 14.8 Å². The van der Waals surface area contributed by atoms with Gasteiger partial charge in [0.1, 0.15) is 18.1 Å². The molecule has 0 unspecified atom stereocenters. The van der Waals surface area contributed by atoms with Crippen LogP contribution in [-0.4, -0.2) is 40.8 Å². The zero-order chi connectivity index (χ0) is 25.6. The van der Waals surface area contributed by atoms with E-state index in [1.165, 1.54) is 12.1 Å². The van der Waals surface area contributed by atoms with Crippen molar-refractivity contribution in [1.29, 1.82) is 0 Å². The molecule has 0 heterocycles. The Balaban J connectivity index is 1.61. The number of hydrogen-bond acceptors (Lipinski definition) is 5. The van der Waals surface area contributed by atoms with Gasteiger partial charge in [-0.05, 0) is 42.0 Å². The molecule has 11 heteroatoms. The lowest BCUT2D eigenvalue weighted by molar-refractivity contribution is 0.0947. The van der Waals surface area contributed by atoms with Gasteiger partial charge in [-0.3, -0.25) is 9.10 Å². The van der Waals surface area contributed by atoms with Crippen LogP contribution in [0.2, 0.25) is 15.1 Å². The molecule has 0 spiro atoms. The van der Waals surface area contributed by atoms with Crippen LogP contribution in [0.25, 0.3) is 0 Å². The number of carbonyl (C=O) groups is 1. The topological polar surface area (TPSA) is 84.9 Å². The second-order valence-electron chi connectivity index (χ2n) is 7.47. The molecule has 0 radical (unpaired) electrons. The first-order valence-corrected chi connectivity index (χ1v) is 13.3. The summed E-state index contributed by atoms with van der Waals surface area (Å²) >= 11 is 18.3. The van der Waals surface area contributed by atoms with Crippen LogP contribution in [-0.2, 0) is 16.6 Å². The zero-order valence-electron chi connectivity index (χ0n) is 18.9. The molecule has 0 bridgehead atoms. The second-order valence-corrected chi connectivity index (χ2v) is 10.6. The predicted molar refractivity (Wildman–Crippen MR) is 140 cm³/mol. The molecule has 0 aromatic heterocycles. The first-order valence-electron chi connectivity index (χ1n) is 10.3. The molecular weight excluding hydrogens is 535 g/mol. The lowest BCUT2D eigenvalue weighted by Gasteiger charge is -2.24. The first-order chi connectivity index (χ1) is 16.6. The number of ether oxygens (including phenoxy) is 2. The summed E-state index contributed by atoms with van der Waals surface area (Å²) in [6.45, 7) is 0.576. The minimum absolute atomic E-state index is 0.00715. The highest BCUT2D eigenvalue weighted by molar-refractivity contribution is 7.92. The second kappa shape index (κ2) is 11.9. The third-order valence-corrected chi connectivity index (χ3v) is 7.05. The summed E-state index contributed by atoms with van der Waals surface area (Å²) in [5, 5.41) is 3.33. The van der Waals surface area contributed by atoms with Crippen LogP contribution in [0, 0.1) is 0 Å². The molecule has 0 atom stereocenters. The first kappa shape index (κ1) is 26.9. The summed E-state index contributed by atoms with van der Waals surface area (Å²) < 4.78 is 36.8. The SMILES string of the molecule is COc1cccc(OCCNC(=O)c2ccc(CN(c3cc(Cl)c(Cl)cc3Cl)S(C)(=O)=O)cc2)c1. The highest BCUT2D eigenvalue weighted by Crippen LogP contribution is 2.36. The predicted octanol–water partition coefficient (Wildman–Crippen LogP) is 5.43. The molecule has 186 valence electrons. The highest BCUT2D eigenvalue weighted by Gasteiger charge is 2.22. The average molecular weight is 558 g/mol. The van der Waals surface area contributed by atoms with Crippen molar-refractivity contribution in [3.8, 4) is 11.5 Å². The smallest absolute Gasteiger partial charge is 0.251 e. The molecule has 0 aliphatic heterocycles. The molecule has 1 N–H and O–H groups in total. The lowest BCUT2D eigenvalue weighted by Crippen LogP contribution is -2.30. The van der Waals surface area contributed by atoms with Crippen molar-refractivity contribution >= 4 is 56.4 Å². The van der Waals surface area contributed by atoms with Gasteiger partial charge in [-0.15, -0.1) is 0 Å². The number of nitrogens with zero attached hydrogens (tertiary/aromatic N) is 1. The Hall–Kier alpha value is -2.65. The number of rotatable bonds is 10. The molecule has 0 saturated heterocycles. The summed E-state index contributed by atoms with van der Waals surface area (Å²) in [5.41, 5.74) is 1.28. The van der Waals surface area contributed by atoms with E-state index in [0.717, 1.165) is 10.6 Å². The molecule has 3 aromatic carbocycles. The van der Waals surface area contributed by atoms with E-state index >= 15 is 0 Å². The number of benzene rings is 3. The fourth-order valence-electron chi connectivity index (χ4n) is 3.14. The third-order valence-electron chi connectivity index (χ3n) is 4.90. The summed E-state index contributed by atoms with van der Waals surface area (Å²) in [5.74, 6) is 1.04. The maximum Gasteiger partial charge on any atom is 0.251 e. The maximum atomic E-state index is 12.5. The van der Waals surface area contributed by atoms with Gasteiger partial charge >= 0.3 is 0 Å². The summed E-state index contributed by atoms with van der Waals surface area (Å²) in [7, 11) is -2.12. The molecule has 1 amide bonds. The van der Waals surface area contributed by atoms with Gasteiger partial charge in [-0.2, -0.15) is 0 Å². The van der Waals surface area contributed by atoms with Gasteiger partial charge in [0.25, 0.3) is 5.91 Å². The van der Waals surface area contributed by atoms with Crippen LogP contribution < -0.4 is 19.1 Å². The van der Waals surface area contributed by atoms with Gasteiger partial charge in [-0.25, -0.2) is 8.42 Å². The van der Waals surface area contributed by atoms with Gasteiger partial charge in [0, 0.05) is 11.6 Å². The Bertz CT molecular complexity index is 1300. The fourth-order valence-corrected chi connectivity index (χ4v) is 4.72. The van der Waals surface area contributed by atoms with Crippen molar-refractivity contribution in [2.45, 2.75) is 6.54 Å². The van der Waals surface area contributed by atoms with E-state index in [2.05, 4.69) is 5.32 Å². The molecule has 35 heavy (non-hydrogen) atoms.